The molecule has 1 N–H and O–H groups in total. The molecule has 6 heteroatoms. The summed E-state index contributed by atoms with van der Waals surface area (Å²) in [6.07, 6.45) is 3.19. The van der Waals surface area contributed by atoms with Crippen molar-refractivity contribution < 1.29 is 9.53 Å². The predicted molar refractivity (Wildman–Crippen MR) is 123 cm³/mol. The van der Waals surface area contributed by atoms with Crippen LogP contribution in [0.15, 0.2) is 76.8 Å². The van der Waals surface area contributed by atoms with E-state index in [0.29, 0.717) is 6.54 Å². The molecule has 0 saturated carbocycles. The molecule has 0 bridgehead atoms. The number of carbonyl (C=O) groups excluding carboxylic acids is 1. The number of hydrogen-bond donors (Lipinski definition) is 1. The second-order valence-corrected chi connectivity index (χ2v) is 8.32. The van der Waals surface area contributed by atoms with Crippen LogP contribution in [0.5, 0.6) is 5.75 Å². The number of ether oxygens (including phenoxy) is 1. The minimum Gasteiger partial charge on any atom is -0.488 e. The van der Waals surface area contributed by atoms with E-state index < -0.39 is 5.91 Å². The van der Waals surface area contributed by atoms with Gasteiger partial charge in [0.25, 0.3) is 11.5 Å². The molecule has 1 aromatic heterocycles. The van der Waals surface area contributed by atoms with Crippen molar-refractivity contribution in [3.05, 3.63) is 99.5 Å². The number of nitrogens with one attached hydrogen (secondary N) is 1. The fraction of sp³-hybridized carbons (Fsp3) is 0.240. The zero-order valence-electron chi connectivity index (χ0n) is 18.3. The summed E-state index contributed by atoms with van der Waals surface area (Å²) in [5.74, 6) is 0.208. The van der Waals surface area contributed by atoms with Gasteiger partial charge < -0.3 is 9.30 Å². The summed E-state index contributed by atoms with van der Waals surface area (Å²) in [7, 11) is 0. The lowest BCUT2D eigenvalue weighted by atomic mass is 10.1. The van der Waals surface area contributed by atoms with Crippen LogP contribution >= 0.6 is 0 Å². The van der Waals surface area contributed by atoms with Crippen LogP contribution in [0.4, 0.5) is 0 Å². The van der Waals surface area contributed by atoms with Gasteiger partial charge in [0.05, 0.1) is 12.8 Å². The smallest absolute Gasteiger partial charge is 0.276 e. The third-order valence-electron chi connectivity index (χ3n) is 4.42. The van der Waals surface area contributed by atoms with Crippen molar-refractivity contribution in [1.29, 1.82) is 0 Å². The number of hydrazone groups is 1. The first kappa shape index (κ1) is 22.0. The number of nitrogens with zero attached hydrogens (tertiary/aromatic N) is 2. The quantitative estimate of drug-likeness (QED) is 0.484. The topological polar surface area (TPSA) is 72.7 Å². The first-order chi connectivity index (χ1) is 14.7. The average molecular weight is 418 g/mol. The monoisotopic (exact) mass is 417 g/mol. The maximum Gasteiger partial charge on any atom is 0.276 e. The van der Waals surface area contributed by atoms with Crippen molar-refractivity contribution in [2.45, 2.75) is 39.8 Å². The summed E-state index contributed by atoms with van der Waals surface area (Å²) in [5, 5.41) is 3.97. The number of carbonyl (C=O) groups is 1. The zero-order valence-corrected chi connectivity index (χ0v) is 18.3. The highest BCUT2D eigenvalue weighted by molar-refractivity contribution is 5.94. The number of hydrogen-bond acceptors (Lipinski definition) is 4. The summed E-state index contributed by atoms with van der Waals surface area (Å²) in [6.45, 7) is 8.35. The Morgan fingerprint density at radius 1 is 1.06 bits per heavy atom. The molecule has 0 aliphatic heterocycles. The molecule has 0 spiro atoms. The maximum atomic E-state index is 12.7. The minimum atomic E-state index is -0.549. The Kier molecular flexibility index (Phi) is 6.70. The molecule has 0 aliphatic rings. The van der Waals surface area contributed by atoms with Crippen molar-refractivity contribution in [2.75, 3.05) is 0 Å². The first-order valence-electron chi connectivity index (χ1n) is 10.1. The van der Waals surface area contributed by atoms with E-state index in [-0.39, 0.29) is 16.7 Å². The van der Waals surface area contributed by atoms with Crippen LogP contribution < -0.4 is 15.7 Å². The van der Waals surface area contributed by atoms with Crippen LogP contribution in [-0.4, -0.2) is 22.3 Å². The number of amides is 1. The van der Waals surface area contributed by atoms with Crippen molar-refractivity contribution in [3.8, 4) is 5.75 Å². The van der Waals surface area contributed by atoms with E-state index in [1.807, 2.05) is 76.2 Å². The Bertz CT molecular complexity index is 1120. The van der Waals surface area contributed by atoms with Gasteiger partial charge in [-0.05, 0) is 75.2 Å². The summed E-state index contributed by atoms with van der Waals surface area (Å²) >= 11 is 0. The molecule has 0 radical (unpaired) electrons. The second kappa shape index (κ2) is 9.43. The Morgan fingerprint density at radius 3 is 2.39 bits per heavy atom. The van der Waals surface area contributed by atoms with E-state index in [2.05, 4.69) is 10.5 Å². The molecule has 3 rings (SSSR count). The van der Waals surface area contributed by atoms with Crippen LogP contribution in [0, 0.1) is 6.92 Å². The standard InChI is InChI=1S/C25H27N3O3/c1-18-7-9-20(10-8-18)17-28-15-5-6-22(24(28)30)23(29)27-26-16-19-11-13-21(14-12-19)31-25(2,3)4/h5-16H,17H2,1-4H3,(H,27,29)/b26-16-. The molecule has 0 atom stereocenters. The van der Waals surface area contributed by atoms with Gasteiger partial charge in [-0.3, -0.25) is 9.59 Å². The maximum absolute atomic E-state index is 12.7. The molecular weight excluding hydrogens is 390 g/mol. The average Bonchev–Trinajstić information content (AvgIpc) is 2.71. The molecule has 1 amide bonds. The summed E-state index contributed by atoms with van der Waals surface area (Å²) in [5.41, 5.74) is 4.77. The number of benzene rings is 2. The Morgan fingerprint density at radius 2 is 1.74 bits per heavy atom. The van der Waals surface area contributed by atoms with E-state index in [1.165, 1.54) is 16.8 Å². The molecule has 31 heavy (non-hydrogen) atoms. The van der Waals surface area contributed by atoms with Crippen LogP contribution in [0.1, 0.15) is 47.8 Å². The van der Waals surface area contributed by atoms with Gasteiger partial charge in [-0.25, -0.2) is 5.43 Å². The minimum absolute atomic E-state index is 0.0423. The molecule has 0 saturated heterocycles. The van der Waals surface area contributed by atoms with E-state index in [1.54, 1.807) is 12.3 Å². The SMILES string of the molecule is Cc1ccc(Cn2cccc(C(=O)N/N=C\c3ccc(OC(C)(C)C)cc3)c2=O)cc1. The Labute approximate surface area is 182 Å². The van der Waals surface area contributed by atoms with Crippen LogP contribution in [0.3, 0.4) is 0 Å². The number of aryl methyl sites for hydroxylation is 1. The van der Waals surface area contributed by atoms with E-state index in [4.69, 9.17) is 4.74 Å². The third kappa shape index (κ3) is 6.40. The summed E-state index contributed by atoms with van der Waals surface area (Å²) in [6, 6.07) is 18.5. The van der Waals surface area contributed by atoms with Crippen molar-refractivity contribution in [1.82, 2.24) is 9.99 Å². The Balaban J connectivity index is 1.65. The highest BCUT2D eigenvalue weighted by Gasteiger charge is 2.12. The van der Waals surface area contributed by atoms with Gasteiger partial charge >= 0.3 is 0 Å². The van der Waals surface area contributed by atoms with E-state index in [0.717, 1.165) is 22.4 Å². The van der Waals surface area contributed by atoms with Crippen LogP contribution in [0.2, 0.25) is 0 Å². The first-order valence-corrected chi connectivity index (χ1v) is 10.1. The molecule has 0 unspecified atom stereocenters. The summed E-state index contributed by atoms with van der Waals surface area (Å²) < 4.78 is 7.29. The van der Waals surface area contributed by atoms with Gasteiger partial charge in [0.15, 0.2) is 0 Å². The largest absolute Gasteiger partial charge is 0.488 e. The van der Waals surface area contributed by atoms with E-state index >= 15 is 0 Å². The van der Waals surface area contributed by atoms with Crippen molar-refractivity contribution in [2.24, 2.45) is 5.10 Å². The van der Waals surface area contributed by atoms with Crippen LogP contribution in [0.25, 0.3) is 0 Å². The highest BCUT2D eigenvalue weighted by Crippen LogP contribution is 2.17. The number of pyridine rings is 1. The van der Waals surface area contributed by atoms with Gasteiger partial charge in [0.1, 0.15) is 16.9 Å². The van der Waals surface area contributed by atoms with Crippen LogP contribution in [-0.2, 0) is 6.54 Å². The normalized spacial score (nSPS) is 11.5. The molecular formula is C25H27N3O3. The highest BCUT2D eigenvalue weighted by atomic mass is 16.5. The predicted octanol–water partition coefficient (Wildman–Crippen LogP) is 4.15. The van der Waals surface area contributed by atoms with Gasteiger partial charge in [-0.15, -0.1) is 0 Å². The van der Waals surface area contributed by atoms with Gasteiger partial charge in [-0.2, -0.15) is 5.10 Å². The fourth-order valence-corrected chi connectivity index (χ4v) is 2.93. The third-order valence-corrected chi connectivity index (χ3v) is 4.42. The van der Waals surface area contributed by atoms with Gasteiger partial charge in [0, 0.05) is 6.20 Å². The van der Waals surface area contributed by atoms with Gasteiger partial charge in [-0.1, -0.05) is 29.8 Å². The number of aromatic nitrogens is 1. The Hall–Kier alpha value is -3.67. The number of rotatable bonds is 6. The van der Waals surface area contributed by atoms with Crippen molar-refractivity contribution in [3.63, 3.8) is 0 Å². The van der Waals surface area contributed by atoms with E-state index in [9.17, 15) is 9.59 Å². The lowest BCUT2D eigenvalue weighted by Gasteiger charge is -2.21. The summed E-state index contributed by atoms with van der Waals surface area (Å²) in [4.78, 5) is 25.2. The van der Waals surface area contributed by atoms with Gasteiger partial charge in [0.2, 0.25) is 0 Å². The molecule has 1 heterocycles. The zero-order chi connectivity index (χ0) is 22.4. The molecule has 2 aromatic carbocycles. The fourth-order valence-electron chi connectivity index (χ4n) is 2.93. The lowest BCUT2D eigenvalue weighted by Crippen LogP contribution is -2.30. The molecule has 160 valence electrons. The second-order valence-electron chi connectivity index (χ2n) is 8.32. The van der Waals surface area contributed by atoms with Crippen molar-refractivity contribution >= 4 is 12.1 Å². The molecule has 0 fully saturated rings. The molecule has 6 nitrogen and oxygen atoms in total. The molecule has 0 aliphatic carbocycles. The molecule has 3 aromatic rings. The lowest BCUT2D eigenvalue weighted by molar-refractivity contribution is 0.0953.